The van der Waals surface area contributed by atoms with E-state index in [0.717, 1.165) is 17.5 Å². The monoisotopic (exact) mass is 413 g/mol. The Morgan fingerprint density at radius 2 is 1.90 bits per heavy atom. The Bertz CT molecular complexity index is 921. The molecule has 0 saturated carbocycles. The lowest BCUT2D eigenvalue weighted by atomic mass is 9.88. The molecule has 1 fully saturated rings. The Balaban J connectivity index is 1.59. The number of halogens is 1. The van der Waals surface area contributed by atoms with E-state index in [9.17, 15) is 14.0 Å². The second kappa shape index (κ2) is 8.71. The second-order valence-electron chi connectivity index (χ2n) is 7.45. The van der Waals surface area contributed by atoms with Crippen LogP contribution in [0.4, 0.5) is 14.0 Å². The highest BCUT2D eigenvalue weighted by Crippen LogP contribution is 2.36. The van der Waals surface area contributed by atoms with E-state index in [4.69, 9.17) is 15.2 Å². The fourth-order valence-electron chi connectivity index (χ4n) is 4.13. The molecule has 8 heteroatoms. The van der Waals surface area contributed by atoms with Gasteiger partial charge in [0.1, 0.15) is 18.5 Å². The SMILES string of the molecule is NC(=O)OC[C@H]1CN(C(=O)N2CCc3ccccc3[C@@H]2c2ccc(F)cc2)CCO1. The first-order chi connectivity index (χ1) is 14.5. The highest BCUT2D eigenvalue weighted by molar-refractivity contribution is 5.76. The molecule has 3 amide bonds. The van der Waals surface area contributed by atoms with Gasteiger partial charge in [-0.3, -0.25) is 0 Å². The third-order valence-electron chi connectivity index (χ3n) is 5.54. The smallest absolute Gasteiger partial charge is 0.404 e. The molecule has 0 bridgehead atoms. The normalized spacial score (nSPS) is 21.1. The minimum Gasteiger partial charge on any atom is -0.447 e. The molecular weight excluding hydrogens is 389 g/mol. The lowest BCUT2D eigenvalue weighted by Gasteiger charge is -2.42. The first kappa shape index (κ1) is 20.2. The van der Waals surface area contributed by atoms with Crippen LogP contribution in [-0.4, -0.2) is 60.9 Å². The van der Waals surface area contributed by atoms with Gasteiger partial charge in [0.25, 0.3) is 0 Å². The van der Waals surface area contributed by atoms with Gasteiger partial charge in [-0.1, -0.05) is 36.4 Å². The number of nitrogens with zero attached hydrogens (tertiary/aromatic N) is 2. The first-order valence-electron chi connectivity index (χ1n) is 9.95. The van der Waals surface area contributed by atoms with Gasteiger partial charge in [0.2, 0.25) is 0 Å². The minimum absolute atomic E-state index is 0.00331. The van der Waals surface area contributed by atoms with E-state index in [1.165, 1.54) is 17.7 Å². The molecule has 2 atom stereocenters. The van der Waals surface area contributed by atoms with Crippen LogP contribution >= 0.6 is 0 Å². The average Bonchev–Trinajstić information content (AvgIpc) is 2.77. The van der Waals surface area contributed by atoms with Crippen molar-refractivity contribution in [2.24, 2.45) is 5.73 Å². The van der Waals surface area contributed by atoms with Crippen molar-refractivity contribution in [3.63, 3.8) is 0 Å². The molecule has 0 aliphatic carbocycles. The van der Waals surface area contributed by atoms with Gasteiger partial charge < -0.3 is 25.0 Å². The second-order valence-corrected chi connectivity index (χ2v) is 7.45. The van der Waals surface area contributed by atoms with Crippen LogP contribution in [0.1, 0.15) is 22.7 Å². The molecule has 2 aliphatic rings. The molecule has 30 heavy (non-hydrogen) atoms. The quantitative estimate of drug-likeness (QED) is 0.839. The number of benzene rings is 2. The summed E-state index contributed by atoms with van der Waals surface area (Å²) in [7, 11) is 0. The van der Waals surface area contributed by atoms with E-state index < -0.39 is 12.2 Å². The van der Waals surface area contributed by atoms with Crippen LogP contribution in [0.2, 0.25) is 0 Å². The van der Waals surface area contributed by atoms with E-state index in [0.29, 0.717) is 26.2 Å². The fourth-order valence-corrected chi connectivity index (χ4v) is 4.13. The maximum atomic E-state index is 13.5. The number of carbonyl (C=O) groups excluding carboxylic acids is 2. The van der Waals surface area contributed by atoms with Crippen molar-refractivity contribution in [2.45, 2.75) is 18.6 Å². The average molecular weight is 413 g/mol. The molecule has 2 aliphatic heterocycles. The summed E-state index contributed by atoms with van der Waals surface area (Å²) in [5, 5.41) is 0. The van der Waals surface area contributed by atoms with Crippen molar-refractivity contribution >= 4 is 12.1 Å². The number of hydrogen-bond donors (Lipinski definition) is 1. The van der Waals surface area contributed by atoms with Crippen molar-refractivity contribution in [1.82, 2.24) is 9.80 Å². The summed E-state index contributed by atoms with van der Waals surface area (Å²) < 4.78 is 23.9. The number of ether oxygens (including phenoxy) is 2. The third kappa shape index (κ3) is 4.23. The zero-order valence-electron chi connectivity index (χ0n) is 16.5. The van der Waals surface area contributed by atoms with Gasteiger partial charge in [-0.15, -0.1) is 0 Å². The van der Waals surface area contributed by atoms with Crippen LogP contribution < -0.4 is 5.73 Å². The molecule has 1 saturated heterocycles. The highest BCUT2D eigenvalue weighted by atomic mass is 19.1. The van der Waals surface area contributed by atoms with E-state index in [-0.39, 0.29) is 24.5 Å². The summed E-state index contributed by atoms with van der Waals surface area (Å²) in [4.78, 5) is 27.9. The predicted molar refractivity (Wildman–Crippen MR) is 107 cm³/mol. The first-order valence-corrected chi connectivity index (χ1v) is 9.95. The number of urea groups is 1. The molecule has 158 valence electrons. The summed E-state index contributed by atoms with van der Waals surface area (Å²) in [6, 6.07) is 13.9. The number of carbonyl (C=O) groups is 2. The molecule has 2 N–H and O–H groups in total. The van der Waals surface area contributed by atoms with Crippen molar-refractivity contribution in [3.8, 4) is 0 Å². The molecule has 0 aromatic heterocycles. The fraction of sp³-hybridized carbons (Fsp3) is 0.364. The van der Waals surface area contributed by atoms with Crippen molar-refractivity contribution < 1.29 is 23.5 Å². The number of fused-ring (bicyclic) bond motifs is 1. The highest BCUT2D eigenvalue weighted by Gasteiger charge is 2.36. The van der Waals surface area contributed by atoms with Crippen LogP contribution in [-0.2, 0) is 15.9 Å². The van der Waals surface area contributed by atoms with E-state index in [1.54, 1.807) is 17.0 Å². The zero-order valence-corrected chi connectivity index (χ0v) is 16.5. The maximum Gasteiger partial charge on any atom is 0.404 e. The lowest BCUT2D eigenvalue weighted by molar-refractivity contribution is -0.0469. The summed E-state index contributed by atoms with van der Waals surface area (Å²) in [5.74, 6) is -0.314. The van der Waals surface area contributed by atoms with Gasteiger partial charge in [0.05, 0.1) is 19.2 Å². The zero-order chi connectivity index (χ0) is 21.1. The molecule has 7 nitrogen and oxygen atoms in total. The Kier molecular flexibility index (Phi) is 5.85. The molecule has 2 aromatic rings. The predicted octanol–water partition coefficient (Wildman–Crippen LogP) is 2.69. The summed E-state index contributed by atoms with van der Waals surface area (Å²) in [6.45, 7) is 1.66. The number of morpholine rings is 1. The number of hydrogen-bond acceptors (Lipinski definition) is 4. The lowest BCUT2D eigenvalue weighted by Crippen LogP contribution is -2.54. The molecule has 0 spiro atoms. The number of rotatable bonds is 3. The third-order valence-corrected chi connectivity index (χ3v) is 5.54. The van der Waals surface area contributed by atoms with Gasteiger partial charge >= 0.3 is 12.1 Å². The van der Waals surface area contributed by atoms with Crippen LogP contribution in [0.5, 0.6) is 0 Å². The summed E-state index contributed by atoms with van der Waals surface area (Å²) in [6.07, 6.45) is -0.541. The standard InChI is InChI=1S/C22H24FN3O4/c23-17-7-5-16(6-8-17)20-19-4-2-1-3-15(19)9-10-26(20)22(28)25-11-12-29-18(13-25)14-30-21(24)27/h1-8,18,20H,9-14H2,(H2,24,27)/t18-,20+/m1/s1. The van der Waals surface area contributed by atoms with Crippen LogP contribution in [0.15, 0.2) is 48.5 Å². The molecule has 2 heterocycles. The van der Waals surface area contributed by atoms with Gasteiger partial charge in [-0.25, -0.2) is 14.0 Å². The van der Waals surface area contributed by atoms with Crippen LogP contribution in [0, 0.1) is 5.82 Å². The van der Waals surface area contributed by atoms with E-state index in [1.807, 2.05) is 23.1 Å². The van der Waals surface area contributed by atoms with Crippen LogP contribution in [0.3, 0.4) is 0 Å². The molecule has 4 rings (SSSR count). The Labute approximate surface area is 174 Å². The molecule has 0 unspecified atom stereocenters. The van der Waals surface area contributed by atoms with Crippen molar-refractivity contribution in [1.29, 1.82) is 0 Å². The minimum atomic E-state index is -0.869. The van der Waals surface area contributed by atoms with Gasteiger partial charge in [0.15, 0.2) is 0 Å². The van der Waals surface area contributed by atoms with Gasteiger partial charge in [-0.2, -0.15) is 0 Å². The topological polar surface area (TPSA) is 85.1 Å². The number of nitrogens with two attached hydrogens (primary N) is 1. The van der Waals surface area contributed by atoms with E-state index >= 15 is 0 Å². The van der Waals surface area contributed by atoms with E-state index in [2.05, 4.69) is 6.07 Å². The van der Waals surface area contributed by atoms with Crippen molar-refractivity contribution in [2.75, 3.05) is 32.8 Å². The summed E-state index contributed by atoms with van der Waals surface area (Å²) in [5.41, 5.74) is 8.12. The molecule has 2 aromatic carbocycles. The Morgan fingerprint density at radius 3 is 2.67 bits per heavy atom. The number of amides is 3. The largest absolute Gasteiger partial charge is 0.447 e. The van der Waals surface area contributed by atoms with Gasteiger partial charge in [-0.05, 0) is 35.2 Å². The molecule has 0 radical (unpaired) electrons. The van der Waals surface area contributed by atoms with Crippen molar-refractivity contribution in [3.05, 3.63) is 71.0 Å². The Morgan fingerprint density at radius 1 is 1.13 bits per heavy atom. The number of primary amides is 1. The van der Waals surface area contributed by atoms with Crippen LogP contribution in [0.25, 0.3) is 0 Å². The maximum absolute atomic E-state index is 13.5. The molecular formula is C22H24FN3O4. The summed E-state index contributed by atoms with van der Waals surface area (Å²) >= 11 is 0. The van der Waals surface area contributed by atoms with Gasteiger partial charge in [0, 0.05) is 13.1 Å². The Hall–Kier alpha value is -3.13.